The van der Waals surface area contributed by atoms with Crippen LogP contribution in [0.5, 0.6) is 0 Å². The fourth-order valence-electron chi connectivity index (χ4n) is 2.13. The largest absolute Gasteiger partial charge is 0.383 e. The average Bonchev–Trinajstić information content (AvgIpc) is 2.21. The van der Waals surface area contributed by atoms with Crippen LogP contribution in [0.25, 0.3) is 0 Å². The first-order valence-electron chi connectivity index (χ1n) is 6.10. The number of nitrogens with one attached hydrogen (secondary N) is 1. The quantitative estimate of drug-likeness (QED) is 0.704. The molecule has 0 aromatic rings. The van der Waals surface area contributed by atoms with Crippen LogP contribution in [-0.4, -0.2) is 62.4 Å². The van der Waals surface area contributed by atoms with E-state index in [4.69, 9.17) is 9.47 Å². The number of nitrogens with zero attached hydrogens (tertiary/aromatic N) is 1. The van der Waals surface area contributed by atoms with Crippen molar-refractivity contribution in [2.45, 2.75) is 32.5 Å². The van der Waals surface area contributed by atoms with Crippen LogP contribution in [0.2, 0.25) is 0 Å². The highest BCUT2D eigenvalue weighted by Crippen LogP contribution is 2.20. The second kappa shape index (κ2) is 6.33. The maximum atomic E-state index is 12.0. The molecule has 0 spiro atoms. The summed E-state index contributed by atoms with van der Waals surface area (Å²) in [6.45, 7) is 9.05. The molecule has 1 aliphatic rings. The van der Waals surface area contributed by atoms with E-state index in [1.807, 2.05) is 25.7 Å². The molecule has 0 bridgehead atoms. The van der Waals surface area contributed by atoms with E-state index in [-0.39, 0.29) is 17.6 Å². The Bertz CT molecular complexity index is 256. The van der Waals surface area contributed by atoms with Crippen molar-refractivity contribution in [1.29, 1.82) is 0 Å². The van der Waals surface area contributed by atoms with E-state index in [1.54, 1.807) is 7.11 Å². The van der Waals surface area contributed by atoms with Crippen LogP contribution in [0.1, 0.15) is 20.8 Å². The lowest BCUT2D eigenvalue weighted by Crippen LogP contribution is -2.55. The molecule has 0 radical (unpaired) electrons. The predicted molar refractivity (Wildman–Crippen MR) is 66.0 cm³/mol. The lowest BCUT2D eigenvalue weighted by Gasteiger charge is -2.41. The first-order valence-corrected chi connectivity index (χ1v) is 6.10. The monoisotopic (exact) mass is 244 g/mol. The van der Waals surface area contributed by atoms with Crippen LogP contribution in [-0.2, 0) is 14.3 Å². The van der Waals surface area contributed by atoms with Gasteiger partial charge in [0.05, 0.1) is 24.9 Å². The summed E-state index contributed by atoms with van der Waals surface area (Å²) in [5.41, 5.74) is -0.250. The third-order valence-electron chi connectivity index (χ3n) is 2.68. The van der Waals surface area contributed by atoms with Crippen molar-refractivity contribution in [3.63, 3.8) is 0 Å². The third-order valence-corrected chi connectivity index (χ3v) is 2.68. The van der Waals surface area contributed by atoms with Gasteiger partial charge in [-0.05, 0) is 20.8 Å². The lowest BCUT2D eigenvalue weighted by atomic mass is 10.1. The number of morpholine rings is 1. The van der Waals surface area contributed by atoms with E-state index in [0.717, 1.165) is 0 Å². The van der Waals surface area contributed by atoms with Gasteiger partial charge >= 0.3 is 0 Å². The molecule has 1 heterocycles. The van der Waals surface area contributed by atoms with Crippen molar-refractivity contribution in [1.82, 2.24) is 10.2 Å². The summed E-state index contributed by atoms with van der Waals surface area (Å²) in [6, 6.07) is 0. The van der Waals surface area contributed by atoms with Gasteiger partial charge in [-0.15, -0.1) is 0 Å². The first kappa shape index (κ1) is 14.4. The normalized spacial score (nSPS) is 23.8. The predicted octanol–water partition coefficient (Wildman–Crippen LogP) is 0.248. The minimum Gasteiger partial charge on any atom is -0.383 e. The zero-order valence-corrected chi connectivity index (χ0v) is 11.3. The zero-order chi connectivity index (χ0) is 12.9. The van der Waals surface area contributed by atoms with Crippen molar-refractivity contribution in [2.75, 3.05) is 39.9 Å². The number of carbonyl (C=O) groups is 1. The van der Waals surface area contributed by atoms with Gasteiger partial charge in [-0.2, -0.15) is 0 Å². The van der Waals surface area contributed by atoms with Gasteiger partial charge in [0.2, 0.25) is 5.91 Å². The van der Waals surface area contributed by atoms with Crippen LogP contribution < -0.4 is 5.32 Å². The molecule has 1 atom stereocenters. The standard InChI is InChI=1S/C12H24N2O3/c1-10-8-14(9-12(2,3)17-10)11(15)7-13-5-6-16-4/h10,13H,5-9H2,1-4H3. The Balaban J connectivity index is 2.35. The van der Waals surface area contributed by atoms with Gasteiger partial charge in [-0.25, -0.2) is 0 Å². The van der Waals surface area contributed by atoms with Crippen molar-refractivity contribution >= 4 is 5.91 Å². The van der Waals surface area contributed by atoms with Gasteiger partial charge < -0.3 is 19.7 Å². The first-order chi connectivity index (χ1) is 7.94. The molecule has 1 fully saturated rings. The summed E-state index contributed by atoms with van der Waals surface area (Å²) in [4.78, 5) is 13.8. The van der Waals surface area contributed by atoms with E-state index >= 15 is 0 Å². The number of methoxy groups -OCH3 is 1. The number of hydrogen-bond donors (Lipinski definition) is 1. The van der Waals surface area contributed by atoms with E-state index in [1.165, 1.54) is 0 Å². The summed E-state index contributed by atoms with van der Waals surface area (Å²) in [7, 11) is 1.65. The van der Waals surface area contributed by atoms with Gasteiger partial charge in [0, 0.05) is 26.7 Å². The molecule has 0 saturated carbocycles. The molecule has 100 valence electrons. The molecule has 0 aromatic carbocycles. The van der Waals surface area contributed by atoms with Gasteiger partial charge in [-0.1, -0.05) is 0 Å². The molecule has 1 rings (SSSR count). The minimum atomic E-state index is -0.250. The Morgan fingerprint density at radius 1 is 1.59 bits per heavy atom. The van der Waals surface area contributed by atoms with Gasteiger partial charge in [-0.3, -0.25) is 4.79 Å². The number of carbonyl (C=O) groups excluding carboxylic acids is 1. The third kappa shape index (κ3) is 5.02. The molecule has 1 unspecified atom stereocenters. The van der Waals surface area contributed by atoms with E-state index in [0.29, 0.717) is 32.8 Å². The summed E-state index contributed by atoms with van der Waals surface area (Å²) in [5.74, 6) is 0.129. The lowest BCUT2D eigenvalue weighted by molar-refractivity contribution is -0.157. The molecule has 1 amide bonds. The Morgan fingerprint density at radius 3 is 2.88 bits per heavy atom. The number of hydrogen-bond acceptors (Lipinski definition) is 4. The summed E-state index contributed by atoms with van der Waals surface area (Å²) in [5, 5.41) is 3.07. The van der Waals surface area contributed by atoms with E-state index in [2.05, 4.69) is 5.32 Å². The molecule has 1 saturated heterocycles. The van der Waals surface area contributed by atoms with E-state index in [9.17, 15) is 4.79 Å². The molecule has 0 aliphatic carbocycles. The van der Waals surface area contributed by atoms with Crippen molar-refractivity contribution in [3.8, 4) is 0 Å². The number of ether oxygens (including phenoxy) is 2. The number of rotatable bonds is 5. The minimum absolute atomic E-state index is 0.0988. The summed E-state index contributed by atoms with van der Waals surface area (Å²) in [6.07, 6.45) is 0.0988. The highest BCUT2D eigenvalue weighted by atomic mass is 16.5. The number of amides is 1. The van der Waals surface area contributed by atoms with Gasteiger partial charge in [0.25, 0.3) is 0 Å². The molecular weight excluding hydrogens is 220 g/mol. The van der Waals surface area contributed by atoms with Crippen LogP contribution in [0, 0.1) is 0 Å². The fourth-order valence-corrected chi connectivity index (χ4v) is 2.13. The van der Waals surface area contributed by atoms with Crippen LogP contribution in [0.3, 0.4) is 0 Å². The van der Waals surface area contributed by atoms with Crippen LogP contribution in [0.15, 0.2) is 0 Å². The molecular formula is C12H24N2O3. The summed E-state index contributed by atoms with van der Waals surface area (Å²) < 4.78 is 10.7. The topological polar surface area (TPSA) is 50.8 Å². The van der Waals surface area contributed by atoms with Gasteiger partial charge in [0.15, 0.2) is 0 Å². The van der Waals surface area contributed by atoms with Gasteiger partial charge in [0.1, 0.15) is 0 Å². The molecule has 5 nitrogen and oxygen atoms in total. The fraction of sp³-hybridized carbons (Fsp3) is 0.917. The Labute approximate surface area is 103 Å². The maximum Gasteiger partial charge on any atom is 0.236 e. The second-order valence-corrected chi connectivity index (χ2v) is 5.13. The zero-order valence-electron chi connectivity index (χ0n) is 11.3. The summed E-state index contributed by atoms with van der Waals surface area (Å²) >= 11 is 0. The Hall–Kier alpha value is -0.650. The maximum absolute atomic E-state index is 12.0. The molecule has 17 heavy (non-hydrogen) atoms. The second-order valence-electron chi connectivity index (χ2n) is 5.13. The Kier molecular flexibility index (Phi) is 5.36. The molecule has 1 aliphatic heterocycles. The highest BCUT2D eigenvalue weighted by Gasteiger charge is 2.33. The SMILES string of the molecule is COCCNCC(=O)N1CC(C)OC(C)(C)C1. The van der Waals surface area contributed by atoms with Crippen LogP contribution >= 0.6 is 0 Å². The smallest absolute Gasteiger partial charge is 0.236 e. The van der Waals surface area contributed by atoms with Crippen molar-refractivity contribution in [2.24, 2.45) is 0 Å². The molecule has 0 aromatic heterocycles. The average molecular weight is 244 g/mol. The van der Waals surface area contributed by atoms with Crippen molar-refractivity contribution in [3.05, 3.63) is 0 Å². The highest BCUT2D eigenvalue weighted by molar-refractivity contribution is 5.78. The molecule has 1 N–H and O–H groups in total. The van der Waals surface area contributed by atoms with Crippen LogP contribution in [0.4, 0.5) is 0 Å². The molecule has 5 heteroatoms. The Morgan fingerprint density at radius 2 is 2.29 bits per heavy atom. The van der Waals surface area contributed by atoms with E-state index < -0.39 is 0 Å². The van der Waals surface area contributed by atoms with Crippen molar-refractivity contribution < 1.29 is 14.3 Å².